The van der Waals surface area contributed by atoms with Gasteiger partial charge in [0.15, 0.2) is 0 Å². The zero-order valence-corrected chi connectivity index (χ0v) is 11.2. The lowest BCUT2D eigenvalue weighted by Gasteiger charge is -2.36. The van der Waals surface area contributed by atoms with Gasteiger partial charge < -0.3 is 15.8 Å². The number of nitrogens with zero attached hydrogens (tertiary/aromatic N) is 1. The Labute approximate surface area is 110 Å². The molecule has 1 aromatic heterocycles. The number of benzene rings is 1. The molecule has 1 aromatic carbocycles. The molecule has 96 valence electrons. The average molecular weight is 263 g/mol. The van der Waals surface area contributed by atoms with E-state index in [0.717, 1.165) is 41.0 Å². The van der Waals surface area contributed by atoms with Gasteiger partial charge in [-0.2, -0.15) is 0 Å². The molecule has 0 bridgehead atoms. The first kappa shape index (κ1) is 11.7. The summed E-state index contributed by atoms with van der Waals surface area (Å²) in [6.07, 6.45) is 2.53. The van der Waals surface area contributed by atoms with E-state index in [4.69, 9.17) is 10.5 Å². The van der Waals surface area contributed by atoms with E-state index in [2.05, 4.69) is 16.4 Å². The third kappa shape index (κ3) is 2.04. The highest BCUT2D eigenvalue weighted by atomic mass is 32.1. The zero-order valence-electron chi connectivity index (χ0n) is 10.3. The van der Waals surface area contributed by atoms with E-state index in [-0.39, 0.29) is 0 Å². The maximum atomic E-state index is 6.13. The van der Waals surface area contributed by atoms with Crippen LogP contribution >= 0.6 is 11.3 Å². The summed E-state index contributed by atoms with van der Waals surface area (Å²) in [5.41, 5.74) is 10.6. The fourth-order valence-electron chi connectivity index (χ4n) is 2.35. The number of fused-ring (bicyclic) bond motifs is 1. The van der Waals surface area contributed by atoms with Crippen LogP contribution in [-0.4, -0.2) is 23.7 Å². The summed E-state index contributed by atoms with van der Waals surface area (Å²) in [6, 6.07) is 4.59. The van der Waals surface area contributed by atoms with Crippen molar-refractivity contribution in [1.29, 1.82) is 0 Å². The highest BCUT2D eigenvalue weighted by Gasteiger charge is 2.29. The third-order valence-corrected chi connectivity index (χ3v) is 4.19. The predicted molar refractivity (Wildman–Crippen MR) is 76.1 cm³/mol. The van der Waals surface area contributed by atoms with Crippen molar-refractivity contribution in [3.05, 3.63) is 17.6 Å². The molecule has 0 spiro atoms. The van der Waals surface area contributed by atoms with Crippen molar-refractivity contribution in [3.8, 4) is 0 Å². The molecule has 5 heteroatoms. The van der Waals surface area contributed by atoms with Gasteiger partial charge in [-0.05, 0) is 31.9 Å². The maximum Gasteiger partial charge on any atom is 0.106 e. The Bertz CT molecular complexity index is 548. The van der Waals surface area contributed by atoms with Crippen LogP contribution in [0.15, 0.2) is 17.6 Å². The standard InChI is InChI=1S/C13H17N3OS/c1-2-17-9-5-8(6-9)16-10-3-4-11-13(12(10)14)15-7-18-11/h3-4,7-9,16H,2,5-6,14H2,1H3. The number of nitrogen functional groups attached to an aromatic ring is 1. The van der Waals surface area contributed by atoms with Crippen molar-refractivity contribution in [1.82, 2.24) is 4.98 Å². The topological polar surface area (TPSA) is 60.2 Å². The van der Waals surface area contributed by atoms with Gasteiger partial charge in [-0.3, -0.25) is 0 Å². The number of rotatable bonds is 4. The highest BCUT2D eigenvalue weighted by molar-refractivity contribution is 7.16. The summed E-state index contributed by atoms with van der Waals surface area (Å²) < 4.78 is 6.69. The average Bonchev–Trinajstić information content (AvgIpc) is 2.78. The molecule has 3 rings (SSSR count). The highest BCUT2D eigenvalue weighted by Crippen LogP contribution is 2.33. The first-order valence-electron chi connectivity index (χ1n) is 6.27. The lowest BCUT2D eigenvalue weighted by molar-refractivity contribution is 0.00300. The molecule has 1 fully saturated rings. The van der Waals surface area contributed by atoms with Gasteiger partial charge in [-0.25, -0.2) is 4.98 Å². The summed E-state index contributed by atoms with van der Waals surface area (Å²) in [5, 5.41) is 3.48. The smallest absolute Gasteiger partial charge is 0.106 e. The summed E-state index contributed by atoms with van der Waals surface area (Å²) in [5.74, 6) is 0. The molecule has 0 atom stereocenters. The van der Waals surface area contributed by atoms with Gasteiger partial charge >= 0.3 is 0 Å². The van der Waals surface area contributed by atoms with E-state index in [1.54, 1.807) is 11.3 Å². The Balaban J connectivity index is 1.70. The first-order chi connectivity index (χ1) is 8.78. The molecule has 2 aromatic rings. The number of ether oxygens (including phenoxy) is 1. The Kier molecular flexibility index (Phi) is 3.09. The zero-order chi connectivity index (χ0) is 12.5. The minimum atomic E-state index is 0.414. The second kappa shape index (κ2) is 4.74. The first-order valence-corrected chi connectivity index (χ1v) is 7.15. The van der Waals surface area contributed by atoms with Gasteiger partial charge in [0.05, 0.1) is 27.7 Å². The van der Waals surface area contributed by atoms with Crippen LogP contribution in [0.25, 0.3) is 10.2 Å². The number of nitrogens with one attached hydrogen (secondary N) is 1. The third-order valence-electron chi connectivity index (χ3n) is 3.40. The molecule has 4 nitrogen and oxygen atoms in total. The molecule has 1 saturated carbocycles. The Morgan fingerprint density at radius 2 is 2.33 bits per heavy atom. The molecule has 3 N–H and O–H groups in total. The van der Waals surface area contributed by atoms with E-state index in [0.29, 0.717) is 12.1 Å². The van der Waals surface area contributed by atoms with E-state index in [1.807, 2.05) is 18.5 Å². The molecule has 1 aliphatic rings. The molecule has 0 saturated heterocycles. The largest absolute Gasteiger partial charge is 0.395 e. The number of aromatic nitrogens is 1. The minimum absolute atomic E-state index is 0.414. The van der Waals surface area contributed by atoms with Gasteiger partial charge in [0.25, 0.3) is 0 Å². The van der Waals surface area contributed by atoms with Crippen LogP contribution in [0, 0.1) is 0 Å². The van der Waals surface area contributed by atoms with E-state index < -0.39 is 0 Å². The molecular formula is C13H17N3OS. The van der Waals surface area contributed by atoms with Gasteiger partial charge in [-0.15, -0.1) is 11.3 Å². The number of hydrogen-bond donors (Lipinski definition) is 2. The summed E-state index contributed by atoms with van der Waals surface area (Å²) in [6.45, 7) is 2.83. The van der Waals surface area contributed by atoms with Crippen LogP contribution in [0.2, 0.25) is 0 Å². The van der Waals surface area contributed by atoms with Gasteiger partial charge in [0.1, 0.15) is 5.52 Å². The molecule has 18 heavy (non-hydrogen) atoms. The van der Waals surface area contributed by atoms with E-state index in [1.165, 1.54) is 0 Å². The van der Waals surface area contributed by atoms with E-state index >= 15 is 0 Å². The number of anilines is 2. The van der Waals surface area contributed by atoms with Gasteiger partial charge in [-0.1, -0.05) is 0 Å². The van der Waals surface area contributed by atoms with E-state index in [9.17, 15) is 0 Å². The fourth-order valence-corrected chi connectivity index (χ4v) is 3.05. The Morgan fingerprint density at radius 3 is 3.11 bits per heavy atom. The Hall–Kier alpha value is -1.33. The molecule has 1 heterocycles. The summed E-state index contributed by atoms with van der Waals surface area (Å²) in [7, 11) is 0. The van der Waals surface area contributed by atoms with Crippen LogP contribution in [-0.2, 0) is 4.74 Å². The van der Waals surface area contributed by atoms with Gasteiger partial charge in [0.2, 0.25) is 0 Å². The number of hydrogen-bond acceptors (Lipinski definition) is 5. The van der Waals surface area contributed by atoms with Crippen molar-refractivity contribution in [2.24, 2.45) is 0 Å². The number of nitrogens with two attached hydrogens (primary N) is 1. The van der Waals surface area contributed by atoms with Crippen LogP contribution in [0.5, 0.6) is 0 Å². The normalized spacial score (nSPS) is 22.9. The van der Waals surface area contributed by atoms with Gasteiger partial charge in [0, 0.05) is 12.6 Å². The summed E-state index contributed by atoms with van der Waals surface area (Å²) >= 11 is 1.62. The molecule has 0 aliphatic heterocycles. The second-order valence-corrected chi connectivity index (χ2v) is 5.50. The summed E-state index contributed by atoms with van der Waals surface area (Å²) in [4.78, 5) is 4.30. The van der Waals surface area contributed by atoms with Crippen molar-refractivity contribution in [2.45, 2.75) is 31.9 Å². The Morgan fingerprint density at radius 1 is 1.50 bits per heavy atom. The van der Waals surface area contributed by atoms with Crippen molar-refractivity contribution in [3.63, 3.8) is 0 Å². The lowest BCUT2D eigenvalue weighted by Crippen LogP contribution is -2.40. The molecule has 0 unspecified atom stereocenters. The molecule has 0 radical (unpaired) electrons. The van der Waals surface area contributed by atoms with Crippen LogP contribution < -0.4 is 11.1 Å². The second-order valence-electron chi connectivity index (χ2n) is 4.62. The van der Waals surface area contributed by atoms with Crippen LogP contribution in [0.1, 0.15) is 19.8 Å². The minimum Gasteiger partial charge on any atom is -0.395 e. The predicted octanol–water partition coefficient (Wildman–Crippen LogP) is 2.86. The van der Waals surface area contributed by atoms with Crippen LogP contribution in [0.3, 0.4) is 0 Å². The monoisotopic (exact) mass is 263 g/mol. The van der Waals surface area contributed by atoms with Crippen molar-refractivity contribution < 1.29 is 4.74 Å². The lowest BCUT2D eigenvalue weighted by atomic mass is 9.89. The molecule has 1 aliphatic carbocycles. The molecular weight excluding hydrogens is 246 g/mol. The maximum absolute atomic E-state index is 6.13. The van der Waals surface area contributed by atoms with Crippen LogP contribution in [0.4, 0.5) is 11.4 Å². The molecule has 0 amide bonds. The SMILES string of the molecule is CCOC1CC(Nc2ccc3scnc3c2N)C1. The van der Waals surface area contributed by atoms with Crippen molar-refractivity contribution >= 4 is 32.9 Å². The quantitative estimate of drug-likeness (QED) is 0.833. The fraction of sp³-hybridized carbons (Fsp3) is 0.462. The number of thiazole rings is 1. The van der Waals surface area contributed by atoms with Crippen molar-refractivity contribution in [2.75, 3.05) is 17.7 Å².